The highest BCUT2D eigenvalue weighted by molar-refractivity contribution is 5.71. The molecule has 0 aromatic carbocycles. The Morgan fingerprint density at radius 2 is 0.609 bits per heavy atom. The van der Waals surface area contributed by atoms with E-state index in [1.165, 1.54) is 116 Å². The van der Waals surface area contributed by atoms with Gasteiger partial charge in [-0.15, -0.1) is 0 Å². The standard InChI is InChI=1S/C63H106O6/c1-4-7-10-13-16-19-22-25-28-30-32-34-35-38-41-44-47-50-53-56-62(65)68-59-60(58-67-61(64)55-52-49-46-43-40-37-27-24-21-18-15-12-9-6-3)69-63(66)57-54-51-48-45-42-39-36-33-31-29-26-23-20-17-14-11-8-5-2/h7,10,15-16,18-19,24-25,27-28,32,34,38,41,47,50,60H,4-6,8-9,11-14,17,20-23,26,29-31,33,35-37,39-40,42-46,48-49,51-59H2,1-3H3/b10-7-,18-15-,19-16-,27-24-,28-25-,34-32-,41-38-,50-47-/t60-/m1/s1. The second-order valence-electron chi connectivity index (χ2n) is 18.8. The summed E-state index contributed by atoms with van der Waals surface area (Å²) in [5.41, 5.74) is 0. The lowest BCUT2D eigenvalue weighted by atomic mass is 10.0. The molecule has 394 valence electrons. The average Bonchev–Trinajstić information content (AvgIpc) is 3.35. The molecule has 0 heterocycles. The minimum Gasteiger partial charge on any atom is -0.462 e. The van der Waals surface area contributed by atoms with Crippen molar-refractivity contribution in [1.82, 2.24) is 0 Å². The summed E-state index contributed by atoms with van der Waals surface area (Å²) in [5.74, 6) is -1.00. The number of hydrogen-bond acceptors (Lipinski definition) is 6. The van der Waals surface area contributed by atoms with Gasteiger partial charge in [0.25, 0.3) is 0 Å². The maximum absolute atomic E-state index is 12.9. The number of ether oxygens (including phenoxy) is 3. The van der Waals surface area contributed by atoms with Crippen LogP contribution in [0.3, 0.4) is 0 Å². The van der Waals surface area contributed by atoms with Gasteiger partial charge < -0.3 is 14.2 Å². The fourth-order valence-electron chi connectivity index (χ4n) is 7.78. The molecular formula is C63H106O6. The number of esters is 3. The third kappa shape index (κ3) is 55.1. The van der Waals surface area contributed by atoms with Crippen molar-refractivity contribution in [3.05, 3.63) is 97.2 Å². The Labute approximate surface area is 426 Å². The van der Waals surface area contributed by atoms with E-state index in [9.17, 15) is 14.4 Å². The molecule has 0 aromatic heterocycles. The molecule has 0 fully saturated rings. The third-order valence-corrected chi connectivity index (χ3v) is 12.1. The second kappa shape index (κ2) is 56.9. The summed E-state index contributed by atoms with van der Waals surface area (Å²) in [4.78, 5) is 38.1. The minimum atomic E-state index is -0.813. The highest BCUT2D eigenvalue weighted by Crippen LogP contribution is 2.16. The van der Waals surface area contributed by atoms with Gasteiger partial charge in [-0.2, -0.15) is 0 Å². The topological polar surface area (TPSA) is 78.9 Å². The van der Waals surface area contributed by atoms with Gasteiger partial charge in [0.15, 0.2) is 6.10 Å². The summed E-state index contributed by atoms with van der Waals surface area (Å²) < 4.78 is 16.8. The van der Waals surface area contributed by atoms with E-state index in [0.717, 1.165) is 103 Å². The van der Waals surface area contributed by atoms with Crippen LogP contribution < -0.4 is 0 Å². The highest BCUT2D eigenvalue weighted by Gasteiger charge is 2.19. The molecule has 0 bridgehead atoms. The summed E-state index contributed by atoms with van der Waals surface area (Å²) >= 11 is 0. The Hall–Kier alpha value is -3.67. The first-order valence-electron chi connectivity index (χ1n) is 28.7. The first kappa shape index (κ1) is 65.3. The minimum absolute atomic E-state index is 0.107. The van der Waals surface area contributed by atoms with Crippen molar-refractivity contribution >= 4 is 17.9 Å². The maximum Gasteiger partial charge on any atom is 0.306 e. The van der Waals surface area contributed by atoms with Crippen LogP contribution in [0.5, 0.6) is 0 Å². The number of hydrogen-bond donors (Lipinski definition) is 0. The SMILES string of the molecule is CC/C=C\C/C=C\C/C=C\C/C=C\C/C=C\C/C=C\CCC(=O)OC[C@@H](COC(=O)CCCCCCC/C=C\C/C=C\CCCC)OC(=O)CCCCCCCCCCCCCCCCCCCC. The van der Waals surface area contributed by atoms with E-state index in [1.807, 2.05) is 6.08 Å². The van der Waals surface area contributed by atoms with Crippen molar-refractivity contribution in [3.8, 4) is 0 Å². The molecule has 0 saturated carbocycles. The molecule has 0 amide bonds. The van der Waals surface area contributed by atoms with Gasteiger partial charge in [0.05, 0.1) is 0 Å². The van der Waals surface area contributed by atoms with Crippen molar-refractivity contribution in [1.29, 1.82) is 0 Å². The average molecular weight is 960 g/mol. The lowest BCUT2D eigenvalue weighted by Crippen LogP contribution is -2.30. The lowest BCUT2D eigenvalue weighted by Gasteiger charge is -2.18. The monoisotopic (exact) mass is 959 g/mol. The van der Waals surface area contributed by atoms with Crippen molar-refractivity contribution in [2.75, 3.05) is 13.2 Å². The van der Waals surface area contributed by atoms with Crippen LogP contribution in [0.1, 0.15) is 265 Å². The van der Waals surface area contributed by atoms with Gasteiger partial charge in [0.1, 0.15) is 13.2 Å². The van der Waals surface area contributed by atoms with Gasteiger partial charge in [-0.25, -0.2) is 0 Å². The second-order valence-corrected chi connectivity index (χ2v) is 18.8. The van der Waals surface area contributed by atoms with Gasteiger partial charge in [-0.05, 0) is 83.5 Å². The Morgan fingerprint density at radius 3 is 1.01 bits per heavy atom. The fourth-order valence-corrected chi connectivity index (χ4v) is 7.78. The van der Waals surface area contributed by atoms with Crippen LogP contribution >= 0.6 is 0 Å². The summed E-state index contributed by atoms with van der Waals surface area (Å²) in [6, 6.07) is 0. The predicted molar refractivity (Wildman–Crippen MR) is 297 cm³/mol. The van der Waals surface area contributed by atoms with E-state index < -0.39 is 6.10 Å². The van der Waals surface area contributed by atoms with Crippen LogP contribution in [0.15, 0.2) is 97.2 Å². The number of carbonyl (C=O) groups is 3. The summed E-state index contributed by atoms with van der Waals surface area (Å²) in [5, 5.41) is 0. The zero-order valence-corrected chi connectivity index (χ0v) is 45.0. The first-order valence-corrected chi connectivity index (χ1v) is 28.7. The summed E-state index contributed by atoms with van der Waals surface area (Å²) in [6.45, 7) is 6.42. The fraction of sp³-hybridized carbons (Fsp3) is 0.698. The quantitative estimate of drug-likeness (QED) is 0.0262. The van der Waals surface area contributed by atoms with Gasteiger partial charge >= 0.3 is 17.9 Å². The Kier molecular flexibility index (Phi) is 53.9. The molecule has 0 aliphatic carbocycles. The zero-order valence-electron chi connectivity index (χ0n) is 45.0. The molecule has 69 heavy (non-hydrogen) atoms. The molecule has 0 aliphatic heterocycles. The first-order chi connectivity index (χ1) is 34.0. The number of rotatable bonds is 51. The molecular weight excluding hydrogens is 853 g/mol. The normalized spacial score (nSPS) is 12.8. The van der Waals surface area contributed by atoms with Crippen LogP contribution in [-0.4, -0.2) is 37.2 Å². The van der Waals surface area contributed by atoms with Gasteiger partial charge in [-0.3, -0.25) is 14.4 Å². The largest absolute Gasteiger partial charge is 0.462 e. The van der Waals surface area contributed by atoms with E-state index in [4.69, 9.17) is 14.2 Å². The smallest absolute Gasteiger partial charge is 0.306 e. The molecule has 0 unspecified atom stereocenters. The van der Waals surface area contributed by atoms with Gasteiger partial charge in [-0.1, -0.05) is 259 Å². The molecule has 6 nitrogen and oxygen atoms in total. The molecule has 0 spiro atoms. The van der Waals surface area contributed by atoms with E-state index in [2.05, 4.69) is 112 Å². The number of unbranched alkanes of at least 4 members (excludes halogenated alkanes) is 24. The molecule has 0 aromatic rings. The van der Waals surface area contributed by atoms with E-state index in [1.54, 1.807) is 0 Å². The highest BCUT2D eigenvalue weighted by atomic mass is 16.6. The van der Waals surface area contributed by atoms with Crippen LogP contribution in [0, 0.1) is 0 Å². The molecule has 0 rings (SSSR count). The summed E-state index contributed by atoms with van der Waals surface area (Å²) in [7, 11) is 0. The van der Waals surface area contributed by atoms with Crippen molar-refractivity contribution in [3.63, 3.8) is 0 Å². The molecule has 0 saturated heterocycles. The van der Waals surface area contributed by atoms with Crippen LogP contribution in [-0.2, 0) is 28.6 Å². The van der Waals surface area contributed by atoms with Crippen LogP contribution in [0.25, 0.3) is 0 Å². The Morgan fingerprint density at radius 1 is 0.304 bits per heavy atom. The molecule has 0 N–H and O–H groups in total. The Bertz CT molecular complexity index is 1380. The lowest BCUT2D eigenvalue weighted by molar-refractivity contribution is -0.166. The molecule has 0 aliphatic rings. The number of allylic oxidation sites excluding steroid dienone is 16. The van der Waals surface area contributed by atoms with E-state index in [-0.39, 0.29) is 37.5 Å². The van der Waals surface area contributed by atoms with Gasteiger partial charge in [0.2, 0.25) is 0 Å². The van der Waals surface area contributed by atoms with Crippen LogP contribution in [0.4, 0.5) is 0 Å². The molecule has 0 radical (unpaired) electrons. The predicted octanol–water partition coefficient (Wildman–Crippen LogP) is 19.3. The Balaban J connectivity index is 4.49. The van der Waals surface area contributed by atoms with Gasteiger partial charge in [0, 0.05) is 19.3 Å². The van der Waals surface area contributed by atoms with E-state index in [0.29, 0.717) is 19.3 Å². The maximum atomic E-state index is 12.9. The number of carbonyl (C=O) groups excluding carboxylic acids is 3. The zero-order chi connectivity index (χ0) is 50.0. The van der Waals surface area contributed by atoms with E-state index >= 15 is 0 Å². The summed E-state index contributed by atoms with van der Waals surface area (Å²) in [6.07, 6.45) is 75.5. The molecule has 1 atom stereocenters. The van der Waals surface area contributed by atoms with Crippen molar-refractivity contribution in [2.45, 2.75) is 271 Å². The molecule has 6 heteroatoms. The van der Waals surface area contributed by atoms with Crippen molar-refractivity contribution in [2.24, 2.45) is 0 Å². The van der Waals surface area contributed by atoms with Crippen molar-refractivity contribution < 1.29 is 28.6 Å². The third-order valence-electron chi connectivity index (χ3n) is 12.1. The van der Waals surface area contributed by atoms with Crippen LogP contribution in [0.2, 0.25) is 0 Å².